The topological polar surface area (TPSA) is 18.5 Å². The Bertz CT molecular complexity index is 400. The second-order valence-electron chi connectivity index (χ2n) is 2.73. The zero-order chi connectivity index (χ0) is 13.3. The molecule has 0 radical (unpaired) electrons. The molecule has 0 bridgehead atoms. The molecule has 0 aliphatic heterocycles. The standard InChI is InChI=1S/C8H4F6O2S/c9-7(10,11)15-4-1-2-6(17)5(3-4)16-8(12,13)14/h1-3,17H. The quantitative estimate of drug-likeness (QED) is 0.655. The van der Waals surface area contributed by atoms with Gasteiger partial charge in [-0.15, -0.1) is 39.0 Å². The van der Waals surface area contributed by atoms with Crippen LogP contribution in [-0.2, 0) is 0 Å². The molecule has 1 aromatic rings. The Morgan fingerprint density at radius 1 is 0.882 bits per heavy atom. The van der Waals surface area contributed by atoms with Gasteiger partial charge in [0.2, 0.25) is 0 Å². The number of ether oxygens (including phenoxy) is 2. The van der Waals surface area contributed by atoms with Gasteiger partial charge in [-0.2, -0.15) is 0 Å². The average Bonchev–Trinajstić information content (AvgIpc) is 2.05. The molecule has 0 aliphatic carbocycles. The van der Waals surface area contributed by atoms with Crippen molar-refractivity contribution in [3.05, 3.63) is 18.2 Å². The first-order valence-corrected chi connectivity index (χ1v) is 4.36. The molecule has 1 rings (SSSR count). The second-order valence-corrected chi connectivity index (χ2v) is 3.21. The van der Waals surface area contributed by atoms with E-state index in [4.69, 9.17) is 0 Å². The predicted octanol–water partition coefficient (Wildman–Crippen LogP) is 3.77. The van der Waals surface area contributed by atoms with Gasteiger partial charge in [-0.05, 0) is 12.1 Å². The monoisotopic (exact) mass is 278 g/mol. The van der Waals surface area contributed by atoms with Gasteiger partial charge < -0.3 is 9.47 Å². The molecule has 0 saturated heterocycles. The summed E-state index contributed by atoms with van der Waals surface area (Å²) < 4.78 is 77.9. The molecular weight excluding hydrogens is 274 g/mol. The molecule has 0 unspecified atom stereocenters. The minimum Gasteiger partial charge on any atom is -0.406 e. The maximum atomic E-state index is 11.9. The van der Waals surface area contributed by atoms with Gasteiger partial charge in [-0.25, -0.2) is 0 Å². The van der Waals surface area contributed by atoms with Crippen molar-refractivity contribution in [1.29, 1.82) is 0 Å². The van der Waals surface area contributed by atoms with Crippen molar-refractivity contribution >= 4 is 12.6 Å². The summed E-state index contributed by atoms with van der Waals surface area (Å²) in [4.78, 5) is -0.267. The summed E-state index contributed by atoms with van der Waals surface area (Å²) in [5, 5.41) is 0. The summed E-state index contributed by atoms with van der Waals surface area (Å²) >= 11 is 3.61. The lowest BCUT2D eigenvalue weighted by atomic mass is 10.3. The average molecular weight is 278 g/mol. The summed E-state index contributed by atoms with van der Waals surface area (Å²) in [7, 11) is 0. The van der Waals surface area contributed by atoms with Crippen LogP contribution in [0.15, 0.2) is 23.1 Å². The van der Waals surface area contributed by atoms with Crippen molar-refractivity contribution in [1.82, 2.24) is 0 Å². The summed E-state index contributed by atoms with van der Waals surface area (Å²) in [6.45, 7) is 0. The van der Waals surface area contributed by atoms with E-state index in [0.29, 0.717) is 6.07 Å². The van der Waals surface area contributed by atoms with Crippen LogP contribution in [-0.4, -0.2) is 12.7 Å². The van der Waals surface area contributed by atoms with Gasteiger partial charge in [0.25, 0.3) is 0 Å². The van der Waals surface area contributed by atoms with Crippen LogP contribution in [0.2, 0.25) is 0 Å². The zero-order valence-corrected chi connectivity index (χ0v) is 8.66. The van der Waals surface area contributed by atoms with Crippen LogP contribution in [0.25, 0.3) is 0 Å². The second kappa shape index (κ2) is 4.55. The Balaban J connectivity index is 2.95. The third-order valence-electron chi connectivity index (χ3n) is 1.39. The van der Waals surface area contributed by atoms with Crippen LogP contribution < -0.4 is 9.47 Å². The molecule has 0 aliphatic rings. The molecule has 0 saturated carbocycles. The van der Waals surface area contributed by atoms with Crippen molar-refractivity contribution in [2.75, 3.05) is 0 Å². The smallest absolute Gasteiger partial charge is 0.406 e. The Morgan fingerprint density at radius 3 is 1.88 bits per heavy atom. The van der Waals surface area contributed by atoms with E-state index < -0.39 is 24.2 Å². The minimum atomic E-state index is -5.02. The van der Waals surface area contributed by atoms with Crippen LogP contribution in [0, 0.1) is 0 Å². The third kappa shape index (κ3) is 5.07. The Labute approximate surface area is 96.5 Å². The number of hydrogen-bond acceptors (Lipinski definition) is 3. The lowest BCUT2D eigenvalue weighted by Crippen LogP contribution is -2.19. The van der Waals surface area contributed by atoms with Crippen LogP contribution in [0.1, 0.15) is 0 Å². The summed E-state index contributed by atoms with van der Waals surface area (Å²) in [6, 6.07) is 2.16. The number of thiol groups is 1. The van der Waals surface area contributed by atoms with E-state index in [-0.39, 0.29) is 4.90 Å². The predicted molar refractivity (Wildman–Crippen MR) is 47.1 cm³/mol. The summed E-state index contributed by atoms with van der Waals surface area (Å²) in [6.07, 6.45) is -10.0. The lowest BCUT2D eigenvalue weighted by Gasteiger charge is -2.13. The Morgan fingerprint density at radius 2 is 1.41 bits per heavy atom. The Kier molecular flexibility index (Phi) is 3.70. The fourth-order valence-electron chi connectivity index (χ4n) is 0.898. The van der Waals surface area contributed by atoms with Crippen molar-refractivity contribution in [2.45, 2.75) is 17.6 Å². The van der Waals surface area contributed by atoms with Crippen molar-refractivity contribution in [2.24, 2.45) is 0 Å². The number of alkyl halides is 6. The van der Waals surface area contributed by atoms with Gasteiger partial charge in [0, 0.05) is 11.0 Å². The van der Waals surface area contributed by atoms with E-state index in [1.165, 1.54) is 0 Å². The fraction of sp³-hybridized carbons (Fsp3) is 0.250. The SMILES string of the molecule is FC(F)(F)Oc1ccc(S)c(OC(F)(F)F)c1. The molecule has 0 heterocycles. The lowest BCUT2D eigenvalue weighted by molar-refractivity contribution is -0.277. The zero-order valence-electron chi connectivity index (χ0n) is 7.76. The maximum absolute atomic E-state index is 11.9. The van der Waals surface area contributed by atoms with Gasteiger partial charge >= 0.3 is 12.7 Å². The highest BCUT2D eigenvalue weighted by Gasteiger charge is 2.34. The highest BCUT2D eigenvalue weighted by Crippen LogP contribution is 2.34. The van der Waals surface area contributed by atoms with Crippen molar-refractivity contribution < 1.29 is 35.8 Å². The number of halogens is 6. The van der Waals surface area contributed by atoms with E-state index in [9.17, 15) is 26.3 Å². The minimum absolute atomic E-state index is 0.267. The summed E-state index contributed by atoms with van der Waals surface area (Å²) in [5.41, 5.74) is 0. The largest absolute Gasteiger partial charge is 0.573 e. The number of hydrogen-bond donors (Lipinski definition) is 1. The molecule has 96 valence electrons. The first kappa shape index (κ1) is 13.8. The highest BCUT2D eigenvalue weighted by atomic mass is 32.1. The van der Waals surface area contributed by atoms with E-state index in [1.807, 2.05) is 0 Å². The van der Waals surface area contributed by atoms with Crippen LogP contribution in [0.4, 0.5) is 26.3 Å². The van der Waals surface area contributed by atoms with E-state index in [0.717, 1.165) is 12.1 Å². The van der Waals surface area contributed by atoms with Crippen LogP contribution in [0.3, 0.4) is 0 Å². The van der Waals surface area contributed by atoms with Gasteiger partial charge in [0.15, 0.2) is 0 Å². The molecule has 0 N–H and O–H groups in total. The molecule has 1 aromatic carbocycles. The normalized spacial score (nSPS) is 12.4. The number of benzene rings is 1. The van der Waals surface area contributed by atoms with E-state index in [1.54, 1.807) is 0 Å². The van der Waals surface area contributed by atoms with E-state index in [2.05, 4.69) is 22.1 Å². The maximum Gasteiger partial charge on any atom is 0.573 e. The van der Waals surface area contributed by atoms with Gasteiger partial charge in [-0.1, -0.05) is 0 Å². The van der Waals surface area contributed by atoms with E-state index >= 15 is 0 Å². The summed E-state index contributed by atoms with van der Waals surface area (Å²) in [5.74, 6) is -1.70. The first-order valence-electron chi connectivity index (χ1n) is 3.91. The van der Waals surface area contributed by atoms with Crippen molar-refractivity contribution in [3.63, 3.8) is 0 Å². The molecule has 0 spiro atoms. The van der Waals surface area contributed by atoms with Crippen LogP contribution >= 0.6 is 12.6 Å². The third-order valence-corrected chi connectivity index (χ3v) is 1.76. The van der Waals surface area contributed by atoms with Crippen molar-refractivity contribution in [3.8, 4) is 11.5 Å². The molecule has 0 fully saturated rings. The molecule has 9 heteroatoms. The Hall–Kier alpha value is -1.25. The van der Waals surface area contributed by atoms with Gasteiger partial charge in [0.05, 0.1) is 0 Å². The first-order chi connectivity index (χ1) is 7.57. The number of rotatable bonds is 2. The highest BCUT2D eigenvalue weighted by molar-refractivity contribution is 7.80. The van der Waals surface area contributed by atoms with Gasteiger partial charge in [0.1, 0.15) is 11.5 Å². The molecule has 2 nitrogen and oxygen atoms in total. The molecular formula is C8H4F6O2S. The molecule has 0 amide bonds. The van der Waals surface area contributed by atoms with Crippen LogP contribution in [0.5, 0.6) is 11.5 Å². The molecule has 0 atom stereocenters. The fourth-order valence-corrected chi connectivity index (χ4v) is 1.08. The van der Waals surface area contributed by atoms with Gasteiger partial charge in [-0.3, -0.25) is 0 Å². The molecule has 0 aromatic heterocycles. The molecule has 17 heavy (non-hydrogen) atoms.